The second-order valence-electron chi connectivity index (χ2n) is 7.22. The Morgan fingerprint density at radius 2 is 2.00 bits per heavy atom. The van der Waals surface area contributed by atoms with E-state index in [1.54, 1.807) is 0 Å². The van der Waals surface area contributed by atoms with Crippen molar-refractivity contribution in [2.45, 2.75) is 32.0 Å². The van der Waals surface area contributed by atoms with Crippen LogP contribution in [-0.4, -0.2) is 44.8 Å². The van der Waals surface area contributed by atoms with Crippen molar-refractivity contribution in [1.82, 2.24) is 14.8 Å². The number of pyridine rings is 1. The summed E-state index contributed by atoms with van der Waals surface area (Å²) in [4.78, 5) is 51.2. The molecule has 4 rings (SSSR count). The molecule has 0 radical (unpaired) electrons. The predicted octanol–water partition coefficient (Wildman–Crippen LogP) is 0.949. The summed E-state index contributed by atoms with van der Waals surface area (Å²) < 4.78 is 28.0. The summed E-state index contributed by atoms with van der Waals surface area (Å²) in [6.07, 6.45) is 1.95. The van der Waals surface area contributed by atoms with Gasteiger partial charge in [0.05, 0.1) is 6.54 Å². The van der Waals surface area contributed by atoms with Gasteiger partial charge in [-0.15, -0.1) is 0 Å². The van der Waals surface area contributed by atoms with E-state index in [-0.39, 0.29) is 30.1 Å². The molecule has 1 atom stereocenters. The van der Waals surface area contributed by atoms with Crippen LogP contribution in [0.2, 0.25) is 0 Å². The summed E-state index contributed by atoms with van der Waals surface area (Å²) in [5.41, 5.74) is -1.77. The summed E-state index contributed by atoms with van der Waals surface area (Å²) >= 11 is 0. The van der Waals surface area contributed by atoms with Crippen LogP contribution in [0.4, 0.5) is 8.78 Å². The number of carbonyl (C=O) groups is 3. The fraction of sp³-hybridized carbons (Fsp3) is 0.300. The standard InChI is InChI=1S/C20H17F2N3O5/c21-11-4-3-10(13(22)6-11)7-23-19(29)12-8-24-9-14-15(26)2-1-5-25(14)20(30)16(24)18(28)17(12)27/h3-4,6,8,14,28H,1-2,5,7,9H2,(H,23,29). The van der Waals surface area contributed by atoms with Crippen LogP contribution in [0.25, 0.3) is 0 Å². The largest absolute Gasteiger partial charge is 0.503 e. The highest BCUT2D eigenvalue weighted by molar-refractivity contribution is 6.02. The number of ketones is 1. The molecule has 2 amide bonds. The van der Waals surface area contributed by atoms with Gasteiger partial charge in [0.2, 0.25) is 5.43 Å². The number of nitrogens with one attached hydrogen (secondary N) is 1. The van der Waals surface area contributed by atoms with Crippen LogP contribution in [0.15, 0.2) is 29.2 Å². The quantitative estimate of drug-likeness (QED) is 0.773. The van der Waals surface area contributed by atoms with Crippen LogP contribution >= 0.6 is 0 Å². The van der Waals surface area contributed by atoms with Gasteiger partial charge in [-0.25, -0.2) is 8.78 Å². The maximum Gasteiger partial charge on any atom is 0.275 e. The Labute approximate surface area is 168 Å². The van der Waals surface area contributed by atoms with Gasteiger partial charge in [0.15, 0.2) is 17.2 Å². The third-order valence-corrected chi connectivity index (χ3v) is 5.36. The van der Waals surface area contributed by atoms with Gasteiger partial charge in [0, 0.05) is 37.3 Å². The van der Waals surface area contributed by atoms with Crippen LogP contribution < -0.4 is 10.7 Å². The van der Waals surface area contributed by atoms with Crippen molar-refractivity contribution in [1.29, 1.82) is 0 Å². The molecule has 0 spiro atoms. The van der Waals surface area contributed by atoms with E-state index in [0.29, 0.717) is 25.5 Å². The van der Waals surface area contributed by atoms with Crippen molar-refractivity contribution in [2.24, 2.45) is 0 Å². The average Bonchev–Trinajstić information content (AvgIpc) is 2.70. The lowest BCUT2D eigenvalue weighted by Gasteiger charge is -2.39. The van der Waals surface area contributed by atoms with Gasteiger partial charge in [0.1, 0.15) is 23.2 Å². The number of hydrogen-bond donors (Lipinski definition) is 2. The van der Waals surface area contributed by atoms with Crippen LogP contribution in [0.5, 0.6) is 5.75 Å². The molecule has 0 saturated carbocycles. The summed E-state index contributed by atoms with van der Waals surface area (Å²) in [5.74, 6) is -4.18. The second-order valence-corrected chi connectivity index (χ2v) is 7.22. The molecule has 0 bridgehead atoms. The Bertz CT molecular complexity index is 1140. The normalized spacial score (nSPS) is 18.1. The third kappa shape index (κ3) is 3.23. The van der Waals surface area contributed by atoms with Gasteiger partial charge in [0.25, 0.3) is 11.8 Å². The Morgan fingerprint density at radius 1 is 1.23 bits per heavy atom. The van der Waals surface area contributed by atoms with Crippen molar-refractivity contribution in [3.8, 4) is 5.75 Å². The average molecular weight is 417 g/mol. The summed E-state index contributed by atoms with van der Waals surface area (Å²) in [7, 11) is 0. The number of aromatic nitrogens is 1. The number of carbonyl (C=O) groups excluding carboxylic acids is 3. The van der Waals surface area contributed by atoms with E-state index in [2.05, 4.69) is 5.32 Å². The van der Waals surface area contributed by atoms with Crippen LogP contribution in [0.1, 0.15) is 39.3 Å². The van der Waals surface area contributed by atoms with Gasteiger partial charge in [-0.05, 0) is 12.5 Å². The molecular weight excluding hydrogens is 400 g/mol. The lowest BCUT2D eigenvalue weighted by Crippen LogP contribution is -2.55. The number of nitrogens with zero attached hydrogens (tertiary/aromatic N) is 2. The zero-order valence-electron chi connectivity index (χ0n) is 15.7. The number of amides is 2. The van der Waals surface area contributed by atoms with Gasteiger partial charge in [-0.1, -0.05) is 6.07 Å². The van der Waals surface area contributed by atoms with Crippen molar-refractivity contribution >= 4 is 17.6 Å². The number of Topliss-reactive ketones (excluding diaryl/α,β-unsaturated/α-hetero) is 1. The summed E-state index contributed by atoms with van der Waals surface area (Å²) in [6.45, 7) is 0.0374. The van der Waals surface area contributed by atoms with E-state index >= 15 is 0 Å². The van der Waals surface area contributed by atoms with E-state index < -0.39 is 46.2 Å². The minimum absolute atomic E-state index is 0.00524. The topological polar surface area (TPSA) is 109 Å². The fourth-order valence-electron chi connectivity index (χ4n) is 3.80. The first-order valence-corrected chi connectivity index (χ1v) is 9.30. The molecule has 1 aromatic carbocycles. The second kappa shape index (κ2) is 7.36. The number of fused-ring (bicyclic) bond motifs is 2. The minimum atomic E-state index is -1.05. The van der Waals surface area contributed by atoms with Crippen molar-refractivity contribution in [3.63, 3.8) is 0 Å². The molecule has 156 valence electrons. The maximum absolute atomic E-state index is 13.7. The number of aromatic hydroxyl groups is 1. The van der Waals surface area contributed by atoms with Gasteiger partial charge < -0.3 is 19.9 Å². The van der Waals surface area contributed by atoms with Gasteiger partial charge in [-0.2, -0.15) is 0 Å². The molecular formula is C20H17F2N3O5. The van der Waals surface area contributed by atoms with Crippen molar-refractivity contribution in [3.05, 3.63) is 63.1 Å². The molecule has 30 heavy (non-hydrogen) atoms. The number of halogens is 2. The van der Waals surface area contributed by atoms with E-state index in [1.807, 2.05) is 0 Å². The van der Waals surface area contributed by atoms with Crippen LogP contribution in [-0.2, 0) is 17.9 Å². The summed E-state index contributed by atoms with van der Waals surface area (Å²) in [5, 5.41) is 12.7. The maximum atomic E-state index is 13.7. The number of hydrogen-bond acceptors (Lipinski definition) is 5. The predicted molar refractivity (Wildman–Crippen MR) is 99.0 cm³/mol. The van der Waals surface area contributed by atoms with E-state index in [4.69, 9.17) is 0 Å². The Morgan fingerprint density at radius 3 is 2.73 bits per heavy atom. The lowest BCUT2D eigenvalue weighted by atomic mass is 9.97. The molecule has 1 fully saturated rings. The third-order valence-electron chi connectivity index (χ3n) is 5.36. The monoisotopic (exact) mass is 417 g/mol. The van der Waals surface area contributed by atoms with Crippen LogP contribution in [0, 0.1) is 11.6 Å². The highest BCUT2D eigenvalue weighted by Gasteiger charge is 2.40. The smallest absolute Gasteiger partial charge is 0.275 e. The van der Waals surface area contributed by atoms with Crippen LogP contribution in [0.3, 0.4) is 0 Å². The minimum Gasteiger partial charge on any atom is -0.503 e. The molecule has 2 aromatic rings. The first-order valence-electron chi connectivity index (χ1n) is 9.30. The van der Waals surface area contributed by atoms with Crippen molar-refractivity contribution < 1.29 is 28.3 Å². The van der Waals surface area contributed by atoms with Gasteiger partial charge >= 0.3 is 0 Å². The first kappa shape index (κ1) is 19.7. The molecule has 2 aliphatic rings. The highest BCUT2D eigenvalue weighted by atomic mass is 19.1. The van der Waals surface area contributed by atoms with E-state index in [1.165, 1.54) is 9.47 Å². The Hall–Kier alpha value is -3.56. The number of rotatable bonds is 3. The molecule has 1 saturated heterocycles. The molecule has 10 heteroatoms. The Balaban J connectivity index is 1.64. The van der Waals surface area contributed by atoms with Crippen molar-refractivity contribution in [2.75, 3.05) is 6.54 Å². The molecule has 2 N–H and O–H groups in total. The van der Waals surface area contributed by atoms with E-state index in [9.17, 15) is 33.1 Å². The molecule has 0 aliphatic carbocycles. The Kier molecular flexibility index (Phi) is 4.84. The molecule has 1 unspecified atom stereocenters. The highest BCUT2D eigenvalue weighted by Crippen LogP contribution is 2.27. The molecule has 3 heterocycles. The number of piperidine rings is 1. The summed E-state index contributed by atoms with van der Waals surface area (Å²) in [6, 6.07) is 2.14. The van der Waals surface area contributed by atoms with Gasteiger partial charge in [-0.3, -0.25) is 19.2 Å². The molecule has 2 aliphatic heterocycles. The SMILES string of the molecule is O=C(NCc1ccc(F)cc1F)c1cn2c(c(O)c1=O)C(=O)N1CCCC(=O)C1C2. The molecule has 8 nitrogen and oxygen atoms in total. The lowest BCUT2D eigenvalue weighted by molar-refractivity contribution is -0.126. The molecule has 1 aromatic heterocycles. The fourth-order valence-corrected chi connectivity index (χ4v) is 3.80. The number of benzene rings is 1. The first-order chi connectivity index (χ1) is 14.3. The van der Waals surface area contributed by atoms with E-state index in [0.717, 1.165) is 18.3 Å². The zero-order chi connectivity index (χ0) is 21.6. The zero-order valence-corrected chi connectivity index (χ0v) is 15.7.